The van der Waals surface area contributed by atoms with Crippen molar-refractivity contribution in [2.24, 2.45) is 0 Å². The van der Waals surface area contributed by atoms with Crippen molar-refractivity contribution in [3.05, 3.63) is 46.0 Å². The first kappa shape index (κ1) is 8.03. The Balaban J connectivity index is 3.01. The number of nitrogens with zero attached hydrogens (tertiary/aromatic N) is 1. The van der Waals surface area contributed by atoms with E-state index < -0.39 is 5.82 Å². The number of hydrogen-bond acceptors (Lipinski definition) is 0. The van der Waals surface area contributed by atoms with Crippen LogP contribution in [0.25, 0.3) is 4.85 Å². The molecule has 1 nitrogen and oxygen atoms in total. The van der Waals surface area contributed by atoms with Crippen LogP contribution in [0.3, 0.4) is 0 Å². The lowest BCUT2D eigenvalue weighted by Gasteiger charge is -1.94. The van der Waals surface area contributed by atoms with Gasteiger partial charge < -0.3 is 4.85 Å². The summed E-state index contributed by atoms with van der Waals surface area (Å²) in [7, 11) is 0. The maximum absolute atomic E-state index is 12.8. The van der Waals surface area contributed by atoms with Crippen LogP contribution in [0.2, 0.25) is 5.02 Å². The van der Waals surface area contributed by atoms with Gasteiger partial charge in [0.05, 0.1) is 5.56 Å². The highest BCUT2D eigenvalue weighted by Crippen LogP contribution is 2.14. The minimum atomic E-state index is -0.409. The monoisotopic (exact) mass is 169 g/mol. The molecule has 0 bridgehead atoms. The van der Waals surface area contributed by atoms with Gasteiger partial charge in [-0.3, -0.25) is 0 Å². The van der Waals surface area contributed by atoms with Gasteiger partial charge >= 0.3 is 0 Å². The summed E-state index contributed by atoms with van der Waals surface area (Å²) in [4.78, 5) is 3.06. The van der Waals surface area contributed by atoms with Crippen LogP contribution in [0.4, 0.5) is 4.39 Å². The van der Waals surface area contributed by atoms with Crippen molar-refractivity contribution in [2.75, 3.05) is 0 Å². The lowest BCUT2D eigenvalue weighted by atomic mass is 10.2. The van der Waals surface area contributed by atoms with E-state index >= 15 is 0 Å². The summed E-state index contributed by atoms with van der Waals surface area (Å²) in [6, 6.07) is 4.31. The van der Waals surface area contributed by atoms with Crippen LogP contribution in [-0.2, 0) is 6.54 Å². The van der Waals surface area contributed by atoms with Gasteiger partial charge in [-0.15, -0.1) is 0 Å². The van der Waals surface area contributed by atoms with Crippen molar-refractivity contribution in [2.45, 2.75) is 6.54 Å². The number of halogens is 2. The van der Waals surface area contributed by atoms with Gasteiger partial charge in [0.25, 0.3) is 0 Å². The van der Waals surface area contributed by atoms with Crippen LogP contribution in [0.1, 0.15) is 5.56 Å². The zero-order chi connectivity index (χ0) is 8.27. The first-order valence-corrected chi connectivity index (χ1v) is 3.39. The third-order valence-electron chi connectivity index (χ3n) is 1.26. The highest BCUT2D eigenvalue weighted by Gasteiger charge is 2.03. The molecule has 0 spiro atoms. The molecule has 0 unspecified atom stereocenters. The summed E-state index contributed by atoms with van der Waals surface area (Å²) in [6.45, 7) is 6.59. The average molecular weight is 170 g/mol. The predicted molar refractivity (Wildman–Crippen MR) is 41.7 cm³/mol. The maximum atomic E-state index is 12.8. The molecule has 0 aliphatic carbocycles. The van der Waals surface area contributed by atoms with Crippen molar-refractivity contribution in [1.82, 2.24) is 0 Å². The largest absolute Gasteiger partial charge is 0.312 e. The Kier molecular flexibility index (Phi) is 2.45. The molecule has 11 heavy (non-hydrogen) atoms. The van der Waals surface area contributed by atoms with Gasteiger partial charge in [-0.25, -0.2) is 11.0 Å². The van der Waals surface area contributed by atoms with Crippen LogP contribution in [0.15, 0.2) is 18.2 Å². The number of benzene rings is 1. The first-order valence-electron chi connectivity index (χ1n) is 3.01. The zero-order valence-corrected chi connectivity index (χ0v) is 6.40. The van der Waals surface area contributed by atoms with E-state index in [1.165, 1.54) is 12.1 Å². The van der Waals surface area contributed by atoms with Gasteiger partial charge in [-0.2, -0.15) is 0 Å². The molecule has 0 saturated heterocycles. The summed E-state index contributed by atoms with van der Waals surface area (Å²) < 4.78 is 12.8. The molecule has 1 aromatic carbocycles. The second-order valence-corrected chi connectivity index (χ2v) is 2.49. The first-order chi connectivity index (χ1) is 5.24. The van der Waals surface area contributed by atoms with Crippen molar-refractivity contribution < 1.29 is 4.39 Å². The van der Waals surface area contributed by atoms with Crippen LogP contribution < -0.4 is 0 Å². The summed E-state index contributed by atoms with van der Waals surface area (Å²) in [5.41, 5.74) is 0.393. The lowest BCUT2D eigenvalue weighted by Crippen LogP contribution is -1.85. The SMILES string of the molecule is [C-]#[N+]Cc1ccc(Cl)cc1F. The molecule has 1 rings (SSSR count). The summed E-state index contributed by atoms with van der Waals surface area (Å²) in [5, 5.41) is 0.358. The quantitative estimate of drug-likeness (QED) is 0.570. The average Bonchev–Trinajstić information content (AvgIpc) is 1.95. The van der Waals surface area contributed by atoms with E-state index in [1.807, 2.05) is 0 Å². The molecule has 0 heterocycles. The Morgan fingerprint density at radius 3 is 2.82 bits per heavy atom. The fraction of sp³-hybridized carbons (Fsp3) is 0.125. The molecule has 0 saturated carbocycles. The van der Waals surface area contributed by atoms with Crippen molar-refractivity contribution in [1.29, 1.82) is 0 Å². The van der Waals surface area contributed by atoms with E-state index in [9.17, 15) is 4.39 Å². The van der Waals surface area contributed by atoms with Gasteiger partial charge in [0, 0.05) is 5.02 Å². The molecule has 0 aliphatic heterocycles. The molecule has 0 aliphatic rings. The zero-order valence-electron chi connectivity index (χ0n) is 5.64. The molecular formula is C8H5ClFN. The minimum Gasteiger partial charge on any atom is -0.312 e. The maximum Gasteiger partial charge on any atom is 0.242 e. The number of hydrogen-bond donors (Lipinski definition) is 0. The van der Waals surface area contributed by atoms with Crippen LogP contribution in [0.5, 0.6) is 0 Å². The topological polar surface area (TPSA) is 4.36 Å². The molecule has 56 valence electrons. The van der Waals surface area contributed by atoms with Gasteiger partial charge in [0.2, 0.25) is 6.54 Å². The van der Waals surface area contributed by atoms with Crippen LogP contribution >= 0.6 is 11.6 Å². The Hall–Kier alpha value is -1.07. The van der Waals surface area contributed by atoms with Crippen molar-refractivity contribution >= 4 is 11.6 Å². The fourth-order valence-electron chi connectivity index (χ4n) is 0.735. The molecule has 0 radical (unpaired) electrons. The van der Waals surface area contributed by atoms with Gasteiger partial charge in [0.15, 0.2) is 0 Å². The summed E-state index contributed by atoms with van der Waals surface area (Å²) in [5.74, 6) is -0.409. The highest BCUT2D eigenvalue weighted by atomic mass is 35.5. The van der Waals surface area contributed by atoms with E-state index in [1.54, 1.807) is 6.07 Å². The minimum absolute atomic E-state index is 0.0724. The molecule has 1 aromatic rings. The second kappa shape index (κ2) is 3.36. The summed E-state index contributed by atoms with van der Waals surface area (Å²) >= 11 is 5.50. The highest BCUT2D eigenvalue weighted by molar-refractivity contribution is 6.30. The van der Waals surface area contributed by atoms with Crippen molar-refractivity contribution in [3.63, 3.8) is 0 Å². The Morgan fingerprint density at radius 1 is 1.55 bits per heavy atom. The lowest BCUT2D eigenvalue weighted by molar-refractivity contribution is 0.615. The molecule has 0 N–H and O–H groups in total. The van der Waals surface area contributed by atoms with Gasteiger partial charge in [-0.1, -0.05) is 11.6 Å². The Bertz CT molecular complexity index is 303. The molecular weight excluding hydrogens is 165 g/mol. The second-order valence-electron chi connectivity index (χ2n) is 2.05. The predicted octanol–water partition coefficient (Wildman–Crippen LogP) is 2.90. The van der Waals surface area contributed by atoms with E-state index in [-0.39, 0.29) is 6.54 Å². The molecule has 3 heteroatoms. The van der Waals surface area contributed by atoms with Crippen LogP contribution in [0, 0.1) is 12.4 Å². The Morgan fingerprint density at radius 2 is 2.27 bits per heavy atom. The van der Waals surface area contributed by atoms with Crippen LogP contribution in [-0.4, -0.2) is 0 Å². The fourth-order valence-corrected chi connectivity index (χ4v) is 0.894. The Labute approximate surface area is 69.2 Å². The van der Waals surface area contributed by atoms with Crippen molar-refractivity contribution in [3.8, 4) is 0 Å². The third kappa shape index (κ3) is 1.92. The molecule has 0 amide bonds. The van der Waals surface area contributed by atoms with E-state index in [0.717, 1.165) is 0 Å². The third-order valence-corrected chi connectivity index (χ3v) is 1.50. The van der Waals surface area contributed by atoms with E-state index in [0.29, 0.717) is 10.6 Å². The molecule has 0 aromatic heterocycles. The normalized spacial score (nSPS) is 9.18. The smallest absolute Gasteiger partial charge is 0.242 e. The van der Waals surface area contributed by atoms with Gasteiger partial charge in [-0.05, 0) is 18.2 Å². The van der Waals surface area contributed by atoms with E-state index in [2.05, 4.69) is 4.85 Å². The van der Waals surface area contributed by atoms with E-state index in [4.69, 9.17) is 18.2 Å². The standard InChI is InChI=1S/C8H5ClFN/c1-11-5-6-2-3-7(9)4-8(6)10/h2-4H,5H2. The number of rotatable bonds is 1. The van der Waals surface area contributed by atoms with Gasteiger partial charge in [0.1, 0.15) is 5.82 Å². The summed E-state index contributed by atoms with van der Waals surface area (Å²) in [6.07, 6.45) is 0. The molecule has 0 fully saturated rings. The molecule has 0 atom stereocenters.